The van der Waals surface area contributed by atoms with Crippen LogP contribution >= 0.6 is 11.6 Å². The predicted molar refractivity (Wildman–Crippen MR) is 151 cm³/mol. The maximum Gasteiger partial charge on any atom is 0.308 e. The Morgan fingerprint density at radius 1 is 1.19 bits per heavy atom. The van der Waals surface area contributed by atoms with E-state index in [1.807, 2.05) is 6.92 Å². The van der Waals surface area contributed by atoms with E-state index in [2.05, 4.69) is 0 Å². The number of hydrogen-bond acceptors (Lipinski definition) is 7. The number of Topliss-reactive ketones (excluding diaryl/α,β-unsaturated/α-hetero) is 1. The van der Waals surface area contributed by atoms with Crippen molar-refractivity contribution in [3.05, 3.63) is 53.1 Å². The second kappa shape index (κ2) is 9.69. The van der Waals surface area contributed by atoms with Gasteiger partial charge in [-0.25, -0.2) is 8.78 Å². The first-order valence-corrected chi connectivity index (χ1v) is 15.0. The number of rotatable bonds is 5. The summed E-state index contributed by atoms with van der Waals surface area (Å²) >= 11 is 6.09. The van der Waals surface area contributed by atoms with E-state index in [1.165, 1.54) is 12.2 Å². The van der Waals surface area contributed by atoms with Gasteiger partial charge in [0.1, 0.15) is 6.17 Å². The molecule has 5 aliphatic rings. The molecular formula is C32H36ClF2NO6. The molecule has 4 fully saturated rings. The van der Waals surface area contributed by atoms with Crippen LogP contribution < -0.4 is 5.06 Å². The minimum Gasteiger partial charge on any atom is -0.457 e. The van der Waals surface area contributed by atoms with Crippen molar-refractivity contribution < 1.29 is 37.8 Å². The zero-order chi connectivity index (χ0) is 30.4. The number of aliphatic hydroxyl groups excluding tert-OH is 1. The number of carbonyl (C=O) groups is 3. The fraction of sp³-hybridized carbons (Fsp3) is 0.594. The van der Waals surface area contributed by atoms with Crippen LogP contribution in [0.1, 0.15) is 47.0 Å². The molecule has 1 aromatic rings. The van der Waals surface area contributed by atoms with Crippen LogP contribution in [0.4, 0.5) is 14.5 Å². The monoisotopic (exact) mass is 603 g/mol. The number of ketones is 2. The molecule has 10 heteroatoms. The van der Waals surface area contributed by atoms with Gasteiger partial charge in [0.05, 0.1) is 24.3 Å². The Hall–Kier alpha value is -2.62. The van der Waals surface area contributed by atoms with Crippen LogP contribution in [0.5, 0.6) is 0 Å². The van der Waals surface area contributed by atoms with Crippen LogP contribution in [0.2, 0.25) is 5.02 Å². The number of hydrogen-bond donors (Lipinski definition) is 1. The minimum atomic E-state index is -2.27. The summed E-state index contributed by atoms with van der Waals surface area (Å²) in [5.41, 5.74) is -5.76. The van der Waals surface area contributed by atoms with Crippen molar-refractivity contribution in [1.82, 2.24) is 0 Å². The number of ether oxygens (including phenoxy) is 1. The Kier molecular flexibility index (Phi) is 6.80. The highest BCUT2D eigenvalue weighted by Crippen LogP contribution is 2.72. The third-order valence-corrected chi connectivity index (χ3v) is 11.2. The summed E-state index contributed by atoms with van der Waals surface area (Å²) in [5.74, 6) is -3.79. The number of halogens is 3. The average Bonchev–Trinajstić information content (AvgIpc) is 3.43. The van der Waals surface area contributed by atoms with E-state index in [0.29, 0.717) is 17.1 Å². The summed E-state index contributed by atoms with van der Waals surface area (Å²) < 4.78 is 38.9. The molecule has 1 N–H and O–H groups in total. The molecule has 9 atom stereocenters. The first kappa shape index (κ1) is 29.5. The summed E-state index contributed by atoms with van der Waals surface area (Å²) in [4.78, 5) is 45.3. The van der Waals surface area contributed by atoms with Gasteiger partial charge in [0, 0.05) is 27.7 Å². The van der Waals surface area contributed by atoms with Crippen molar-refractivity contribution in [2.75, 3.05) is 18.2 Å². The van der Waals surface area contributed by atoms with Gasteiger partial charge in [0.25, 0.3) is 0 Å². The normalized spacial score (nSPS) is 42.0. The van der Waals surface area contributed by atoms with Crippen LogP contribution in [-0.4, -0.2) is 59.3 Å². The Balaban J connectivity index is 1.42. The Labute approximate surface area is 248 Å². The standard InChI is InChI=1S/C32H36ClF2NO6/c1-17(2)28(40)41-16-27(39)32-18(15-36(42-32)20-7-5-19(33)6-8-20)11-22-23-13-25(34)24-12-21(37)9-10-29(24,3)31(23,35)26(38)14-30(22,32)4/h5-10,12,17-18,22-23,25-26,38H,11,13-16H2,1-4H3/t18-,22-,23-,25-,26-,29-,30-,31-,32-/m0/s1. The number of hydroxylamine groups is 1. The molecule has 0 unspecified atom stereocenters. The summed E-state index contributed by atoms with van der Waals surface area (Å²) in [6.45, 7) is 6.45. The van der Waals surface area contributed by atoms with E-state index in [-0.39, 0.29) is 25.0 Å². The van der Waals surface area contributed by atoms with Crippen molar-refractivity contribution in [3.8, 4) is 0 Å². The Morgan fingerprint density at radius 2 is 1.88 bits per heavy atom. The third kappa shape index (κ3) is 3.78. The number of benzene rings is 1. The van der Waals surface area contributed by atoms with Crippen LogP contribution in [0, 0.1) is 34.5 Å². The maximum absolute atomic E-state index is 17.6. The fourth-order valence-corrected chi connectivity index (χ4v) is 9.05. The van der Waals surface area contributed by atoms with Gasteiger partial charge < -0.3 is 9.84 Å². The summed E-state index contributed by atoms with van der Waals surface area (Å²) in [7, 11) is 0. The largest absolute Gasteiger partial charge is 0.457 e. The van der Waals surface area contributed by atoms with Gasteiger partial charge in [-0.15, -0.1) is 0 Å². The van der Waals surface area contributed by atoms with Gasteiger partial charge in [-0.3, -0.25) is 24.3 Å². The molecule has 1 aliphatic heterocycles. The van der Waals surface area contributed by atoms with Crippen molar-refractivity contribution in [3.63, 3.8) is 0 Å². The number of alkyl halides is 2. The van der Waals surface area contributed by atoms with Crippen molar-refractivity contribution in [1.29, 1.82) is 0 Å². The second-order valence-corrected chi connectivity index (χ2v) is 13.8. The molecule has 1 saturated heterocycles. The van der Waals surface area contributed by atoms with Crippen LogP contribution in [0.25, 0.3) is 0 Å². The molecule has 0 spiro atoms. The first-order chi connectivity index (χ1) is 19.7. The molecule has 3 saturated carbocycles. The molecule has 6 rings (SSSR count). The lowest BCUT2D eigenvalue weighted by Crippen LogP contribution is -2.70. The summed E-state index contributed by atoms with van der Waals surface area (Å²) in [6.07, 6.45) is 0.611. The zero-order valence-electron chi connectivity index (χ0n) is 24.1. The molecule has 0 bridgehead atoms. The number of carbonyl (C=O) groups excluding carboxylic acids is 3. The molecule has 0 radical (unpaired) electrons. The topological polar surface area (TPSA) is 93.1 Å². The summed E-state index contributed by atoms with van der Waals surface area (Å²) in [6, 6.07) is 6.94. The number of nitrogens with zero attached hydrogens (tertiary/aromatic N) is 1. The zero-order valence-corrected chi connectivity index (χ0v) is 24.9. The van der Waals surface area contributed by atoms with Gasteiger partial charge >= 0.3 is 5.97 Å². The highest BCUT2D eigenvalue weighted by atomic mass is 35.5. The SMILES string of the molecule is CC(C)C(=O)OCC(=O)[C@@]12ON(c3ccc(Cl)cc3)C[C@@H]1C[C@H]1[C@@H]3C[C@H](F)C4=CC(=O)C=C[C@]4(C)[C@@]3(F)[C@@H](O)C[C@@]12C. The second-order valence-electron chi connectivity index (χ2n) is 13.3. The van der Waals surface area contributed by atoms with E-state index >= 15 is 8.78 Å². The van der Waals surface area contributed by atoms with Crippen molar-refractivity contribution in [2.45, 2.75) is 70.5 Å². The lowest BCUT2D eigenvalue weighted by Gasteiger charge is -2.63. The van der Waals surface area contributed by atoms with Crippen molar-refractivity contribution in [2.24, 2.45) is 34.5 Å². The van der Waals surface area contributed by atoms with Gasteiger partial charge in [-0.2, -0.15) is 0 Å². The number of aliphatic hydroxyl groups is 1. The van der Waals surface area contributed by atoms with Crippen LogP contribution in [0.3, 0.4) is 0 Å². The fourth-order valence-electron chi connectivity index (χ4n) is 8.92. The van der Waals surface area contributed by atoms with Crippen LogP contribution in [-0.2, 0) is 24.0 Å². The first-order valence-electron chi connectivity index (χ1n) is 14.6. The maximum atomic E-state index is 17.6. The summed E-state index contributed by atoms with van der Waals surface area (Å²) in [5, 5.41) is 13.9. The van der Waals surface area contributed by atoms with E-state index in [0.717, 1.165) is 6.08 Å². The molecule has 226 valence electrons. The molecule has 0 amide bonds. The lowest BCUT2D eigenvalue weighted by molar-refractivity contribution is -0.228. The number of fused-ring (bicyclic) bond motifs is 7. The van der Waals surface area contributed by atoms with E-state index < -0.39 is 82.2 Å². The van der Waals surface area contributed by atoms with Crippen molar-refractivity contribution >= 4 is 34.8 Å². The Bertz CT molecular complexity index is 1400. The highest BCUT2D eigenvalue weighted by molar-refractivity contribution is 6.30. The van der Waals surface area contributed by atoms with Gasteiger partial charge in [0.15, 0.2) is 23.7 Å². The van der Waals surface area contributed by atoms with E-state index in [9.17, 15) is 19.5 Å². The van der Waals surface area contributed by atoms with E-state index in [4.69, 9.17) is 21.2 Å². The molecule has 42 heavy (non-hydrogen) atoms. The Morgan fingerprint density at radius 3 is 2.55 bits per heavy atom. The van der Waals surface area contributed by atoms with Gasteiger partial charge in [-0.1, -0.05) is 38.4 Å². The number of anilines is 1. The molecule has 4 aliphatic carbocycles. The minimum absolute atomic E-state index is 0.0474. The van der Waals surface area contributed by atoms with Gasteiger partial charge in [-0.05, 0) is 74.1 Å². The average molecular weight is 604 g/mol. The lowest BCUT2D eigenvalue weighted by atomic mass is 9.44. The molecular weight excluding hydrogens is 568 g/mol. The quantitative estimate of drug-likeness (QED) is 0.466. The molecule has 1 heterocycles. The predicted octanol–water partition coefficient (Wildman–Crippen LogP) is 5.14. The number of esters is 1. The number of allylic oxidation sites excluding steroid dienone is 4. The molecule has 1 aromatic carbocycles. The van der Waals surface area contributed by atoms with Gasteiger partial charge in [0.2, 0.25) is 5.78 Å². The molecule has 7 nitrogen and oxygen atoms in total. The van der Waals surface area contributed by atoms with Crippen LogP contribution in [0.15, 0.2) is 48.1 Å². The molecule has 0 aromatic heterocycles. The highest BCUT2D eigenvalue weighted by Gasteiger charge is 2.79. The smallest absolute Gasteiger partial charge is 0.308 e. The third-order valence-electron chi connectivity index (χ3n) is 11.0. The van der Waals surface area contributed by atoms with E-state index in [1.54, 1.807) is 50.1 Å².